The number of rotatable bonds is 1. The van der Waals surface area contributed by atoms with E-state index in [1.807, 2.05) is 19.1 Å². The topological polar surface area (TPSA) is 41.1 Å². The summed E-state index contributed by atoms with van der Waals surface area (Å²) in [5.74, 6) is 0.0473. The van der Waals surface area contributed by atoms with Gasteiger partial charge < -0.3 is 0 Å². The van der Waals surface area contributed by atoms with Crippen molar-refractivity contribution in [2.45, 2.75) is 18.9 Å². The van der Waals surface area contributed by atoms with Gasteiger partial charge >= 0.3 is 0 Å². The Morgan fingerprint density at radius 2 is 2.00 bits per heavy atom. The Morgan fingerprint density at radius 3 is 2.50 bits per heavy atom. The second kappa shape index (κ2) is 3.51. The monoisotopic (exact) mass is 302 g/mol. The third-order valence-corrected chi connectivity index (χ3v) is 3.19. The maximum atomic E-state index is 11.1. The summed E-state index contributed by atoms with van der Waals surface area (Å²) in [7, 11) is 0. The van der Waals surface area contributed by atoms with Crippen molar-refractivity contribution in [1.82, 2.24) is 10.9 Å². The zero-order valence-corrected chi connectivity index (χ0v) is 9.96. The largest absolute Gasteiger partial charge is 0.291 e. The lowest BCUT2D eigenvalue weighted by Crippen LogP contribution is -2.38. The van der Waals surface area contributed by atoms with Crippen LogP contribution in [0.2, 0.25) is 0 Å². The van der Waals surface area contributed by atoms with Gasteiger partial charge in [0.2, 0.25) is 5.91 Å². The molecule has 1 aromatic rings. The number of carbonyl (C=O) groups is 1. The summed E-state index contributed by atoms with van der Waals surface area (Å²) >= 11 is 2.27. The molecule has 1 saturated heterocycles. The molecule has 74 valence electrons. The van der Waals surface area contributed by atoms with Crippen LogP contribution in [0.5, 0.6) is 0 Å². The molecular weight excluding hydrogens is 291 g/mol. The van der Waals surface area contributed by atoms with E-state index in [9.17, 15) is 4.79 Å². The Balaban J connectivity index is 2.30. The Bertz CT molecular complexity index is 363. The van der Waals surface area contributed by atoms with Crippen molar-refractivity contribution < 1.29 is 4.79 Å². The van der Waals surface area contributed by atoms with Crippen molar-refractivity contribution in [1.29, 1.82) is 0 Å². The number of hydrazine groups is 1. The Hall–Kier alpha value is -0.620. The van der Waals surface area contributed by atoms with Crippen molar-refractivity contribution in [2.75, 3.05) is 0 Å². The molecule has 0 bridgehead atoms. The molecule has 1 unspecified atom stereocenters. The number of hydrogen-bond acceptors (Lipinski definition) is 2. The van der Waals surface area contributed by atoms with Crippen LogP contribution >= 0.6 is 22.6 Å². The molecule has 1 heterocycles. The van der Waals surface area contributed by atoms with Gasteiger partial charge in [0.05, 0.1) is 12.0 Å². The highest BCUT2D eigenvalue weighted by atomic mass is 127. The normalized spacial score (nSPS) is 26.3. The van der Waals surface area contributed by atoms with Crippen LogP contribution in [0.3, 0.4) is 0 Å². The summed E-state index contributed by atoms with van der Waals surface area (Å²) in [6, 6.07) is 8.20. The van der Waals surface area contributed by atoms with Gasteiger partial charge in [0.25, 0.3) is 0 Å². The number of carbonyl (C=O) groups excluding carboxylic acids is 1. The number of halogens is 1. The van der Waals surface area contributed by atoms with Crippen LogP contribution in [0.15, 0.2) is 24.3 Å². The Kier molecular flexibility index (Phi) is 2.48. The van der Waals surface area contributed by atoms with Gasteiger partial charge in [-0.25, -0.2) is 5.43 Å². The van der Waals surface area contributed by atoms with Gasteiger partial charge in [0, 0.05) is 3.57 Å². The Morgan fingerprint density at radius 1 is 1.36 bits per heavy atom. The molecule has 2 N–H and O–H groups in total. The van der Waals surface area contributed by atoms with E-state index in [1.54, 1.807) is 0 Å². The third-order valence-electron chi connectivity index (χ3n) is 2.47. The zero-order valence-electron chi connectivity index (χ0n) is 7.80. The van der Waals surface area contributed by atoms with E-state index in [4.69, 9.17) is 0 Å². The van der Waals surface area contributed by atoms with Crippen LogP contribution in [0.4, 0.5) is 0 Å². The van der Waals surface area contributed by atoms with Crippen LogP contribution in [0.1, 0.15) is 18.9 Å². The molecule has 1 atom stereocenters. The Labute approximate surface area is 96.4 Å². The molecule has 0 radical (unpaired) electrons. The standard InChI is InChI=1S/C10H11IN2O/c1-10(6-9(14)12-13-10)7-2-4-8(11)5-3-7/h2-5,13H,6H2,1H3,(H,12,14). The van der Waals surface area contributed by atoms with Gasteiger partial charge in [-0.3, -0.25) is 10.2 Å². The summed E-state index contributed by atoms with van der Waals surface area (Å²) in [6.45, 7) is 2.02. The third kappa shape index (κ3) is 1.76. The maximum absolute atomic E-state index is 11.1. The maximum Gasteiger partial charge on any atom is 0.236 e. The molecule has 1 aliphatic rings. The summed E-state index contributed by atoms with van der Waals surface area (Å²) in [5.41, 5.74) is 6.52. The predicted octanol–water partition coefficient (Wildman–Crippen LogP) is 1.53. The van der Waals surface area contributed by atoms with Gasteiger partial charge in [-0.15, -0.1) is 0 Å². The molecule has 1 aliphatic heterocycles. The fourth-order valence-electron chi connectivity index (χ4n) is 1.61. The van der Waals surface area contributed by atoms with Crippen LogP contribution in [0.25, 0.3) is 0 Å². The second-order valence-corrected chi connectivity index (χ2v) is 4.93. The molecular formula is C10H11IN2O. The smallest absolute Gasteiger partial charge is 0.236 e. The summed E-state index contributed by atoms with van der Waals surface area (Å²) < 4.78 is 1.20. The molecule has 2 rings (SSSR count). The van der Waals surface area contributed by atoms with Crippen molar-refractivity contribution in [3.8, 4) is 0 Å². The second-order valence-electron chi connectivity index (χ2n) is 3.69. The minimum absolute atomic E-state index is 0.0473. The molecule has 0 spiro atoms. The first-order chi connectivity index (χ1) is 6.60. The van der Waals surface area contributed by atoms with Crippen LogP contribution in [-0.4, -0.2) is 5.91 Å². The molecule has 3 nitrogen and oxygen atoms in total. The van der Waals surface area contributed by atoms with E-state index in [1.165, 1.54) is 3.57 Å². The molecule has 0 saturated carbocycles. The molecule has 1 aromatic carbocycles. The fourth-order valence-corrected chi connectivity index (χ4v) is 1.97. The van der Waals surface area contributed by atoms with Crippen molar-refractivity contribution in [2.24, 2.45) is 0 Å². The summed E-state index contributed by atoms with van der Waals surface area (Å²) in [4.78, 5) is 11.1. The number of nitrogens with one attached hydrogen (secondary N) is 2. The highest BCUT2D eigenvalue weighted by Crippen LogP contribution is 2.27. The number of benzene rings is 1. The van der Waals surface area contributed by atoms with E-state index >= 15 is 0 Å². The van der Waals surface area contributed by atoms with Crippen molar-refractivity contribution in [3.63, 3.8) is 0 Å². The zero-order chi connectivity index (χ0) is 10.2. The SMILES string of the molecule is CC1(c2ccc(I)cc2)CC(=O)NN1. The molecule has 0 aliphatic carbocycles. The average molecular weight is 302 g/mol. The van der Waals surface area contributed by atoms with E-state index in [0.29, 0.717) is 6.42 Å². The summed E-state index contributed by atoms with van der Waals surface area (Å²) in [6.07, 6.45) is 0.494. The lowest BCUT2D eigenvalue weighted by atomic mass is 9.90. The lowest BCUT2D eigenvalue weighted by molar-refractivity contribution is -0.119. The predicted molar refractivity (Wildman–Crippen MR) is 62.4 cm³/mol. The van der Waals surface area contributed by atoms with Gasteiger partial charge in [-0.2, -0.15) is 0 Å². The quantitative estimate of drug-likeness (QED) is 0.773. The molecule has 1 amide bonds. The van der Waals surface area contributed by atoms with Crippen LogP contribution in [-0.2, 0) is 10.3 Å². The van der Waals surface area contributed by atoms with Crippen LogP contribution < -0.4 is 10.9 Å². The number of amides is 1. The van der Waals surface area contributed by atoms with E-state index in [2.05, 4.69) is 45.6 Å². The van der Waals surface area contributed by atoms with E-state index in [-0.39, 0.29) is 11.4 Å². The molecule has 4 heteroatoms. The highest BCUT2D eigenvalue weighted by Gasteiger charge is 2.34. The molecule has 1 fully saturated rings. The first-order valence-corrected chi connectivity index (χ1v) is 5.50. The summed E-state index contributed by atoms with van der Waals surface area (Å²) in [5, 5.41) is 0. The van der Waals surface area contributed by atoms with E-state index in [0.717, 1.165) is 5.56 Å². The van der Waals surface area contributed by atoms with Crippen molar-refractivity contribution in [3.05, 3.63) is 33.4 Å². The van der Waals surface area contributed by atoms with Crippen molar-refractivity contribution >= 4 is 28.5 Å². The van der Waals surface area contributed by atoms with Gasteiger partial charge in [0.15, 0.2) is 0 Å². The van der Waals surface area contributed by atoms with Gasteiger partial charge in [0.1, 0.15) is 0 Å². The highest BCUT2D eigenvalue weighted by molar-refractivity contribution is 14.1. The van der Waals surface area contributed by atoms with Gasteiger partial charge in [-0.1, -0.05) is 12.1 Å². The molecule has 14 heavy (non-hydrogen) atoms. The number of hydrogen-bond donors (Lipinski definition) is 2. The van der Waals surface area contributed by atoms with E-state index < -0.39 is 0 Å². The van der Waals surface area contributed by atoms with Gasteiger partial charge in [-0.05, 0) is 47.2 Å². The average Bonchev–Trinajstić information content (AvgIpc) is 2.48. The lowest BCUT2D eigenvalue weighted by Gasteiger charge is -2.22. The first kappa shape index (κ1) is 9.92. The fraction of sp³-hybridized carbons (Fsp3) is 0.300. The van der Waals surface area contributed by atoms with Crippen LogP contribution in [0, 0.1) is 3.57 Å². The first-order valence-electron chi connectivity index (χ1n) is 4.42. The minimum atomic E-state index is -0.262. The molecule has 0 aromatic heterocycles. The minimum Gasteiger partial charge on any atom is -0.291 e.